The molecule has 33 heavy (non-hydrogen) atoms. The molecule has 2 saturated heterocycles. The first-order chi connectivity index (χ1) is 15.9. The molecule has 1 aliphatic carbocycles. The number of hydrogen-bond donors (Lipinski definition) is 1. The predicted octanol–water partition coefficient (Wildman–Crippen LogP) is 0.0337. The zero-order valence-corrected chi connectivity index (χ0v) is 19.4. The maximum atomic E-state index is 13.4. The highest BCUT2D eigenvalue weighted by atomic mass is 32.2. The first-order valence-electron chi connectivity index (χ1n) is 11.6. The summed E-state index contributed by atoms with van der Waals surface area (Å²) in [5.74, 6) is 0.810. The van der Waals surface area contributed by atoms with Gasteiger partial charge in [0.2, 0.25) is 21.8 Å². The average molecular weight is 479 g/mol. The van der Waals surface area contributed by atoms with Crippen molar-refractivity contribution in [1.82, 2.24) is 19.4 Å². The minimum absolute atomic E-state index is 0.0322. The summed E-state index contributed by atoms with van der Waals surface area (Å²) in [4.78, 5) is 29.2. The number of carbonyl (C=O) groups is 2. The Morgan fingerprint density at radius 1 is 0.970 bits per heavy atom. The molecule has 3 fully saturated rings. The Bertz CT molecular complexity index is 1020. The number of rotatable bonds is 6. The van der Waals surface area contributed by atoms with E-state index < -0.39 is 16.1 Å². The van der Waals surface area contributed by atoms with Gasteiger partial charge in [-0.3, -0.25) is 14.5 Å². The lowest BCUT2D eigenvalue weighted by molar-refractivity contribution is -0.136. The van der Waals surface area contributed by atoms with Gasteiger partial charge in [-0.25, -0.2) is 8.42 Å². The highest BCUT2D eigenvalue weighted by molar-refractivity contribution is 7.89. The van der Waals surface area contributed by atoms with Crippen molar-refractivity contribution >= 4 is 21.8 Å². The fourth-order valence-corrected chi connectivity index (χ4v) is 6.30. The molecule has 1 atom stereocenters. The number of piperazine rings is 1. The summed E-state index contributed by atoms with van der Waals surface area (Å²) >= 11 is 0. The minimum atomic E-state index is -3.85. The van der Waals surface area contributed by atoms with Crippen molar-refractivity contribution < 1.29 is 27.5 Å². The lowest BCUT2D eigenvalue weighted by Gasteiger charge is -2.36. The van der Waals surface area contributed by atoms with Crippen molar-refractivity contribution in [2.45, 2.75) is 42.7 Å². The van der Waals surface area contributed by atoms with E-state index in [-0.39, 0.29) is 16.7 Å². The second kappa shape index (κ2) is 9.11. The third-order valence-electron chi connectivity index (χ3n) is 6.60. The molecule has 3 aliphatic heterocycles. The molecule has 1 unspecified atom stereocenters. The van der Waals surface area contributed by atoms with Crippen LogP contribution in [0.5, 0.6) is 11.5 Å². The molecule has 1 aromatic carbocycles. The van der Waals surface area contributed by atoms with E-state index in [9.17, 15) is 18.0 Å². The Kier molecular flexibility index (Phi) is 6.19. The summed E-state index contributed by atoms with van der Waals surface area (Å²) < 4.78 is 39.1. The largest absolute Gasteiger partial charge is 0.486 e. The van der Waals surface area contributed by atoms with Crippen LogP contribution in [0.3, 0.4) is 0 Å². The molecule has 5 rings (SSSR count). The lowest BCUT2D eigenvalue weighted by atomic mass is 10.2. The summed E-state index contributed by atoms with van der Waals surface area (Å²) in [5, 5.41) is 2.99. The molecule has 3 heterocycles. The van der Waals surface area contributed by atoms with Crippen LogP contribution in [-0.4, -0.2) is 98.9 Å². The number of sulfonamides is 1. The summed E-state index contributed by atoms with van der Waals surface area (Å²) in [7, 11) is -3.85. The maximum absolute atomic E-state index is 13.4. The minimum Gasteiger partial charge on any atom is -0.486 e. The zero-order valence-electron chi connectivity index (χ0n) is 18.6. The Morgan fingerprint density at radius 3 is 2.42 bits per heavy atom. The van der Waals surface area contributed by atoms with Crippen LogP contribution in [0.25, 0.3) is 0 Å². The van der Waals surface area contributed by atoms with Crippen LogP contribution in [0.1, 0.15) is 25.7 Å². The molecular formula is C22H30N4O6S. The summed E-state index contributed by atoms with van der Waals surface area (Å²) in [6, 6.07) is 4.23. The highest BCUT2D eigenvalue weighted by Crippen LogP contribution is 2.35. The van der Waals surface area contributed by atoms with Crippen molar-refractivity contribution in [2.24, 2.45) is 0 Å². The first-order valence-corrected chi connectivity index (χ1v) is 13.1. The van der Waals surface area contributed by atoms with E-state index in [2.05, 4.69) is 5.32 Å². The van der Waals surface area contributed by atoms with Gasteiger partial charge in [0, 0.05) is 44.8 Å². The summed E-state index contributed by atoms with van der Waals surface area (Å²) in [6.07, 6.45) is 3.26. The van der Waals surface area contributed by atoms with E-state index in [1.54, 1.807) is 11.0 Å². The Morgan fingerprint density at radius 2 is 1.70 bits per heavy atom. The lowest BCUT2D eigenvalue weighted by Crippen LogP contribution is -2.55. The monoisotopic (exact) mass is 478 g/mol. The van der Waals surface area contributed by atoms with Crippen molar-refractivity contribution in [3.8, 4) is 11.5 Å². The van der Waals surface area contributed by atoms with E-state index in [0.29, 0.717) is 82.9 Å². The van der Waals surface area contributed by atoms with Gasteiger partial charge in [-0.1, -0.05) is 0 Å². The smallest absolute Gasteiger partial charge is 0.243 e. The average Bonchev–Trinajstić information content (AvgIpc) is 3.48. The third kappa shape index (κ3) is 4.80. The normalized spacial score (nSPS) is 24.0. The molecule has 180 valence electrons. The Hall–Kier alpha value is -2.37. The van der Waals surface area contributed by atoms with E-state index >= 15 is 0 Å². The third-order valence-corrected chi connectivity index (χ3v) is 8.51. The standard InChI is InChI=1S/C22H30N4O6S/c27-21(23-16-3-4-16)15-24-8-10-25(11-9-24)22(28)18-2-1-7-26(18)33(29,30)17-5-6-19-20(14-17)32-13-12-31-19/h5-6,14,16,18H,1-4,7-13,15H2,(H,23,27). The van der Waals surface area contributed by atoms with Gasteiger partial charge >= 0.3 is 0 Å². The number of ether oxygens (including phenoxy) is 2. The van der Waals surface area contributed by atoms with Crippen molar-refractivity contribution in [2.75, 3.05) is 52.5 Å². The number of nitrogens with one attached hydrogen (secondary N) is 1. The van der Waals surface area contributed by atoms with Crippen LogP contribution in [0.2, 0.25) is 0 Å². The van der Waals surface area contributed by atoms with Crippen LogP contribution in [-0.2, 0) is 19.6 Å². The predicted molar refractivity (Wildman–Crippen MR) is 119 cm³/mol. The van der Waals surface area contributed by atoms with Crippen LogP contribution in [0.15, 0.2) is 23.1 Å². The maximum Gasteiger partial charge on any atom is 0.243 e. The fourth-order valence-electron chi connectivity index (χ4n) is 4.64. The summed E-state index contributed by atoms with van der Waals surface area (Å²) in [5.41, 5.74) is 0. The number of benzene rings is 1. The SMILES string of the molecule is O=C(CN1CCN(C(=O)C2CCCN2S(=O)(=O)c2ccc3c(c2)OCCO3)CC1)NC1CC1. The van der Waals surface area contributed by atoms with Gasteiger partial charge in [0.15, 0.2) is 11.5 Å². The van der Waals surface area contributed by atoms with Gasteiger partial charge < -0.3 is 19.7 Å². The van der Waals surface area contributed by atoms with E-state index in [1.807, 2.05) is 4.90 Å². The molecule has 10 nitrogen and oxygen atoms in total. The second-order valence-corrected chi connectivity index (χ2v) is 10.9. The zero-order chi connectivity index (χ0) is 23.0. The molecule has 1 aromatic rings. The number of fused-ring (bicyclic) bond motifs is 1. The van der Waals surface area contributed by atoms with Crippen LogP contribution >= 0.6 is 0 Å². The molecule has 11 heteroatoms. The van der Waals surface area contributed by atoms with Crippen LogP contribution in [0, 0.1) is 0 Å². The fraction of sp³-hybridized carbons (Fsp3) is 0.636. The van der Waals surface area contributed by atoms with Gasteiger partial charge in [-0.05, 0) is 37.8 Å². The quantitative estimate of drug-likeness (QED) is 0.615. The molecule has 0 radical (unpaired) electrons. The van der Waals surface area contributed by atoms with Gasteiger partial charge in [0.1, 0.15) is 19.3 Å². The van der Waals surface area contributed by atoms with Gasteiger partial charge in [0.25, 0.3) is 0 Å². The first kappa shape index (κ1) is 22.4. The van der Waals surface area contributed by atoms with Gasteiger partial charge in [-0.15, -0.1) is 0 Å². The molecule has 0 spiro atoms. The van der Waals surface area contributed by atoms with Crippen molar-refractivity contribution in [3.63, 3.8) is 0 Å². The van der Waals surface area contributed by atoms with Crippen molar-refractivity contribution in [3.05, 3.63) is 18.2 Å². The van der Waals surface area contributed by atoms with E-state index in [0.717, 1.165) is 12.8 Å². The Labute approximate surface area is 193 Å². The number of nitrogens with zero attached hydrogens (tertiary/aromatic N) is 3. The van der Waals surface area contributed by atoms with E-state index in [1.165, 1.54) is 16.4 Å². The molecule has 0 aromatic heterocycles. The molecule has 1 saturated carbocycles. The number of amides is 2. The van der Waals surface area contributed by atoms with Gasteiger partial charge in [-0.2, -0.15) is 4.31 Å². The number of hydrogen-bond acceptors (Lipinski definition) is 7. The molecule has 1 N–H and O–H groups in total. The van der Waals surface area contributed by atoms with Gasteiger partial charge in [0.05, 0.1) is 11.4 Å². The highest BCUT2D eigenvalue weighted by Gasteiger charge is 2.42. The van der Waals surface area contributed by atoms with E-state index in [4.69, 9.17) is 9.47 Å². The second-order valence-electron chi connectivity index (χ2n) is 9.02. The molecule has 2 amide bonds. The van der Waals surface area contributed by atoms with Crippen molar-refractivity contribution in [1.29, 1.82) is 0 Å². The Balaban J connectivity index is 1.22. The topological polar surface area (TPSA) is 108 Å². The summed E-state index contributed by atoms with van der Waals surface area (Å²) in [6.45, 7) is 3.64. The molecule has 0 bridgehead atoms. The van der Waals surface area contributed by atoms with Crippen LogP contribution in [0.4, 0.5) is 0 Å². The number of carbonyl (C=O) groups excluding carboxylic acids is 2. The van der Waals surface area contributed by atoms with Crippen LogP contribution < -0.4 is 14.8 Å². The molecule has 4 aliphatic rings. The molecular weight excluding hydrogens is 448 g/mol.